The number of nitrogens with zero attached hydrogens (tertiary/aromatic N) is 2. The van der Waals surface area contributed by atoms with Gasteiger partial charge in [-0.1, -0.05) is 18.2 Å². The van der Waals surface area contributed by atoms with Crippen molar-refractivity contribution in [1.82, 2.24) is 9.88 Å². The van der Waals surface area contributed by atoms with Crippen LogP contribution in [0.15, 0.2) is 40.8 Å². The highest BCUT2D eigenvalue weighted by atomic mass is 16.3. The van der Waals surface area contributed by atoms with Crippen molar-refractivity contribution < 1.29 is 14.3 Å². The van der Waals surface area contributed by atoms with Crippen LogP contribution in [0.1, 0.15) is 46.1 Å². The van der Waals surface area contributed by atoms with Gasteiger partial charge in [0.15, 0.2) is 11.5 Å². The third-order valence-electron chi connectivity index (χ3n) is 5.30. The fourth-order valence-electron chi connectivity index (χ4n) is 3.57. The Labute approximate surface area is 152 Å². The van der Waals surface area contributed by atoms with E-state index >= 15 is 0 Å². The number of oxazole rings is 1. The van der Waals surface area contributed by atoms with Crippen molar-refractivity contribution in [2.45, 2.75) is 32.6 Å². The minimum Gasteiger partial charge on any atom is -0.507 e. The number of carbonyl (C=O) groups is 1. The number of aromatic hydroxyl groups is 1. The van der Waals surface area contributed by atoms with Crippen LogP contribution in [0.25, 0.3) is 11.1 Å². The Morgan fingerprint density at radius 3 is 2.85 bits per heavy atom. The van der Waals surface area contributed by atoms with Crippen LogP contribution in [0.5, 0.6) is 5.75 Å². The molecule has 2 aromatic carbocycles. The predicted octanol–water partition coefficient (Wildman–Crippen LogP) is 4.17. The number of aromatic nitrogens is 1. The van der Waals surface area contributed by atoms with Crippen LogP contribution in [-0.2, 0) is 0 Å². The molecule has 0 saturated carbocycles. The first kappa shape index (κ1) is 16.6. The standard InChI is InChI=1S/C21H22N2O3/c1-13-9-10-16(19(24)14(13)2)21(25)23-11-5-6-15(12-23)20-22-17-7-3-4-8-18(17)26-20/h3-4,7-10,15,24H,5-6,11-12H2,1-2H3. The van der Waals surface area contributed by atoms with Crippen LogP contribution in [0.4, 0.5) is 0 Å². The van der Waals surface area contributed by atoms with E-state index in [2.05, 4.69) is 4.98 Å². The quantitative estimate of drug-likeness (QED) is 0.753. The number of phenols is 1. The van der Waals surface area contributed by atoms with Gasteiger partial charge in [0.2, 0.25) is 0 Å². The maximum absolute atomic E-state index is 12.9. The van der Waals surface area contributed by atoms with Crippen LogP contribution in [0.3, 0.4) is 0 Å². The zero-order valence-corrected chi connectivity index (χ0v) is 15.0. The van der Waals surface area contributed by atoms with Gasteiger partial charge in [0.05, 0.1) is 11.5 Å². The van der Waals surface area contributed by atoms with Gasteiger partial charge in [-0.25, -0.2) is 4.98 Å². The number of para-hydroxylation sites is 2. The van der Waals surface area contributed by atoms with Gasteiger partial charge < -0.3 is 14.4 Å². The van der Waals surface area contributed by atoms with Gasteiger partial charge >= 0.3 is 0 Å². The minimum atomic E-state index is -0.133. The van der Waals surface area contributed by atoms with Gasteiger partial charge in [-0.05, 0) is 56.0 Å². The first-order chi connectivity index (χ1) is 12.5. The van der Waals surface area contributed by atoms with E-state index in [9.17, 15) is 9.90 Å². The zero-order chi connectivity index (χ0) is 18.3. The second kappa shape index (κ2) is 6.48. The third kappa shape index (κ3) is 2.83. The third-order valence-corrected chi connectivity index (χ3v) is 5.30. The highest BCUT2D eigenvalue weighted by Gasteiger charge is 2.30. The Hall–Kier alpha value is -2.82. The van der Waals surface area contributed by atoms with E-state index in [0.717, 1.165) is 35.1 Å². The van der Waals surface area contributed by atoms with Crippen molar-refractivity contribution in [3.63, 3.8) is 0 Å². The van der Waals surface area contributed by atoms with Crippen LogP contribution >= 0.6 is 0 Å². The zero-order valence-electron chi connectivity index (χ0n) is 15.0. The van der Waals surface area contributed by atoms with E-state index in [4.69, 9.17) is 4.42 Å². The summed E-state index contributed by atoms with van der Waals surface area (Å²) in [7, 11) is 0. The Kier molecular flexibility index (Phi) is 4.15. The van der Waals surface area contributed by atoms with Crippen LogP contribution < -0.4 is 0 Å². The number of fused-ring (bicyclic) bond motifs is 1. The van der Waals surface area contributed by atoms with E-state index < -0.39 is 0 Å². The number of amides is 1. The van der Waals surface area contributed by atoms with Crippen molar-refractivity contribution in [3.05, 3.63) is 59.0 Å². The number of hydrogen-bond donors (Lipinski definition) is 1. The van der Waals surface area contributed by atoms with Crippen LogP contribution in [0, 0.1) is 13.8 Å². The maximum atomic E-state index is 12.9. The normalized spacial score (nSPS) is 17.6. The lowest BCUT2D eigenvalue weighted by molar-refractivity contribution is 0.0695. The van der Waals surface area contributed by atoms with E-state index in [1.165, 1.54) is 0 Å². The number of phenolic OH excluding ortho intramolecular Hbond substituents is 1. The topological polar surface area (TPSA) is 66.6 Å². The van der Waals surface area contributed by atoms with Crippen molar-refractivity contribution in [3.8, 4) is 5.75 Å². The van der Waals surface area contributed by atoms with E-state index in [1.807, 2.05) is 44.2 Å². The van der Waals surface area contributed by atoms with Gasteiger partial charge in [0, 0.05) is 13.1 Å². The van der Waals surface area contributed by atoms with Gasteiger partial charge in [0.1, 0.15) is 11.3 Å². The number of hydrogen-bond acceptors (Lipinski definition) is 4. The van der Waals surface area contributed by atoms with E-state index in [-0.39, 0.29) is 17.6 Å². The second-order valence-corrected chi connectivity index (χ2v) is 7.01. The largest absolute Gasteiger partial charge is 0.507 e. The van der Waals surface area contributed by atoms with Gasteiger partial charge in [-0.15, -0.1) is 0 Å². The molecule has 2 heterocycles. The molecule has 1 aliphatic heterocycles. The second-order valence-electron chi connectivity index (χ2n) is 7.01. The molecular formula is C21H22N2O3. The van der Waals surface area contributed by atoms with Gasteiger partial charge in [-0.2, -0.15) is 0 Å². The number of likely N-dealkylation sites (tertiary alicyclic amines) is 1. The molecule has 1 fully saturated rings. The van der Waals surface area contributed by atoms with Gasteiger partial charge in [-0.3, -0.25) is 4.79 Å². The van der Waals surface area contributed by atoms with Crippen LogP contribution in [0.2, 0.25) is 0 Å². The highest BCUT2D eigenvalue weighted by Crippen LogP contribution is 2.31. The minimum absolute atomic E-state index is 0.0776. The Balaban J connectivity index is 1.58. The molecule has 1 N–H and O–H groups in total. The Bertz CT molecular complexity index is 944. The molecule has 4 rings (SSSR count). The molecule has 1 unspecified atom stereocenters. The summed E-state index contributed by atoms with van der Waals surface area (Å²) in [5, 5.41) is 10.4. The molecule has 0 radical (unpaired) electrons. The number of benzene rings is 2. The molecule has 1 saturated heterocycles. The molecule has 5 nitrogen and oxygen atoms in total. The summed E-state index contributed by atoms with van der Waals surface area (Å²) < 4.78 is 5.90. The lowest BCUT2D eigenvalue weighted by Crippen LogP contribution is -2.39. The summed E-state index contributed by atoms with van der Waals surface area (Å²) in [6.45, 7) is 4.99. The molecule has 1 aromatic heterocycles. The first-order valence-corrected chi connectivity index (χ1v) is 8.98. The summed E-state index contributed by atoms with van der Waals surface area (Å²) in [6, 6.07) is 11.3. The summed E-state index contributed by atoms with van der Waals surface area (Å²) in [6.07, 6.45) is 1.83. The smallest absolute Gasteiger partial charge is 0.257 e. The number of piperidine rings is 1. The average Bonchev–Trinajstić information content (AvgIpc) is 3.10. The molecule has 1 aliphatic rings. The van der Waals surface area contributed by atoms with Crippen molar-refractivity contribution in [2.75, 3.05) is 13.1 Å². The van der Waals surface area contributed by atoms with Gasteiger partial charge in [0.25, 0.3) is 5.91 Å². The SMILES string of the molecule is Cc1ccc(C(=O)N2CCCC(c3nc4ccccc4o3)C2)c(O)c1C. The average molecular weight is 350 g/mol. The number of rotatable bonds is 2. The fraction of sp³-hybridized carbons (Fsp3) is 0.333. The number of aryl methyl sites for hydroxylation is 1. The summed E-state index contributed by atoms with van der Waals surface area (Å²) in [4.78, 5) is 19.3. The molecule has 0 aliphatic carbocycles. The Morgan fingerprint density at radius 2 is 2.04 bits per heavy atom. The van der Waals surface area contributed by atoms with E-state index in [1.54, 1.807) is 11.0 Å². The molecule has 1 amide bonds. The van der Waals surface area contributed by atoms with Crippen molar-refractivity contribution in [2.24, 2.45) is 0 Å². The highest BCUT2D eigenvalue weighted by molar-refractivity contribution is 5.97. The molecule has 134 valence electrons. The summed E-state index contributed by atoms with van der Waals surface area (Å²) in [5.41, 5.74) is 3.72. The van der Waals surface area contributed by atoms with Crippen molar-refractivity contribution in [1.29, 1.82) is 0 Å². The lowest BCUT2D eigenvalue weighted by Gasteiger charge is -2.31. The Morgan fingerprint density at radius 1 is 1.23 bits per heavy atom. The van der Waals surface area contributed by atoms with Crippen molar-refractivity contribution >= 4 is 17.0 Å². The molecule has 26 heavy (non-hydrogen) atoms. The molecule has 5 heteroatoms. The summed E-state index contributed by atoms with van der Waals surface area (Å²) >= 11 is 0. The monoisotopic (exact) mass is 350 g/mol. The van der Waals surface area contributed by atoms with Crippen LogP contribution in [-0.4, -0.2) is 34.0 Å². The molecule has 0 spiro atoms. The maximum Gasteiger partial charge on any atom is 0.257 e. The molecular weight excluding hydrogens is 328 g/mol. The van der Waals surface area contributed by atoms with E-state index in [0.29, 0.717) is 24.5 Å². The fourth-order valence-corrected chi connectivity index (χ4v) is 3.57. The lowest BCUT2D eigenvalue weighted by atomic mass is 9.96. The number of carbonyl (C=O) groups excluding carboxylic acids is 1. The first-order valence-electron chi connectivity index (χ1n) is 8.98. The molecule has 3 aromatic rings. The predicted molar refractivity (Wildman–Crippen MR) is 99.5 cm³/mol. The molecule has 0 bridgehead atoms. The summed E-state index contributed by atoms with van der Waals surface area (Å²) in [5.74, 6) is 0.715. The molecule has 1 atom stereocenters.